The maximum atomic E-state index is 5.99. The van der Waals surface area contributed by atoms with Crippen LogP contribution in [0.1, 0.15) is 36.6 Å². The highest BCUT2D eigenvalue weighted by atomic mass is 127. The van der Waals surface area contributed by atoms with Gasteiger partial charge in [0.2, 0.25) is 0 Å². The number of aliphatic imine (C=N–C) groups is 1. The second-order valence-corrected chi connectivity index (χ2v) is 7.75. The molecule has 7 nitrogen and oxygen atoms in total. The second kappa shape index (κ2) is 11.0. The highest BCUT2D eigenvalue weighted by Crippen LogP contribution is 2.23. The number of aromatic amines is 1. The van der Waals surface area contributed by atoms with E-state index in [1.54, 1.807) is 0 Å². The predicted molar refractivity (Wildman–Crippen MR) is 136 cm³/mol. The van der Waals surface area contributed by atoms with Gasteiger partial charge in [0.25, 0.3) is 0 Å². The lowest BCUT2D eigenvalue weighted by atomic mass is 10.1. The van der Waals surface area contributed by atoms with Crippen molar-refractivity contribution < 1.29 is 4.74 Å². The highest BCUT2D eigenvalue weighted by molar-refractivity contribution is 14.0. The summed E-state index contributed by atoms with van der Waals surface area (Å²) in [4.78, 5) is 10.7. The Hall–Kier alpha value is -2.07. The third-order valence-electron chi connectivity index (χ3n) is 5.71. The number of halogens is 1. The first-order valence-corrected chi connectivity index (χ1v) is 10.9. The van der Waals surface area contributed by atoms with Crippen LogP contribution in [-0.2, 0) is 24.6 Å². The van der Waals surface area contributed by atoms with Crippen LogP contribution in [0.25, 0.3) is 10.9 Å². The van der Waals surface area contributed by atoms with Crippen molar-refractivity contribution in [3.8, 4) is 0 Å². The number of aryl methyl sites for hydroxylation is 2. The Labute approximate surface area is 201 Å². The molecule has 0 radical (unpaired) electrons. The Balaban J connectivity index is 0.00000272. The molecule has 168 valence electrons. The third kappa shape index (κ3) is 5.41. The van der Waals surface area contributed by atoms with Gasteiger partial charge in [-0.3, -0.25) is 9.67 Å². The zero-order chi connectivity index (χ0) is 20.9. The minimum Gasteiger partial charge on any atom is -0.370 e. The first-order valence-electron chi connectivity index (χ1n) is 10.9. The fourth-order valence-corrected chi connectivity index (χ4v) is 4.13. The number of aromatic nitrogens is 3. The van der Waals surface area contributed by atoms with Gasteiger partial charge in [0.05, 0.1) is 19.3 Å². The van der Waals surface area contributed by atoms with E-state index in [-0.39, 0.29) is 30.1 Å². The standard InChI is InChI=1S/C23H32N6O.HI/c1-4-17-7-6-8-20-18(13-26-22(17)20)9-10-25-23(24-5-2)29-11-12-30-21(16-29)19-14-27-28(3)15-19;/h6-8,13-15,21,26H,4-5,9-12,16H2,1-3H3,(H,24,25);1H. The largest absolute Gasteiger partial charge is 0.370 e. The fourth-order valence-electron chi connectivity index (χ4n) is 4.13. The molecule has 8 heteroatoms. The molecular weight excluding hydrogens is 503 g/mol. The number of hydrogen-bond donors (Lipinski definition) is 2. The number of para-hydroxylation sites is 1. The molecule has 1 aromatic carbocycles. The van der Waals surface area contributed by atoms with Crippen LogP contribution < -0.4 is 5.32 Å². The van der Waals surface area contributed by atoms with Crippen LogP contribution in [0.3, 0.4) is 0 Å². The molecule has 1 saturated heterocycles. The lowest BCUT2D eigenvalue weighted by Gasteiger charge is -2.34. The molecule has 1 fully saturated rings. The van der Waals surface area contributed by atoms with Crippen molar-refractivity contribution in [2.24, 2.45) is 12.0 Å². The third-order valence-corrected chi connectivity index (χ3v) is 5.71. The van der Waals surface area contributed by atoms with Crippen LogP contribution in [0.2, 0.25) is 0 Å². The summed E-state index contributed by atoms with van der Waals surface area (Å²) in [7, 11) is 1.93. The van der Waals surface area contributed by atoms with Gasteiger partial charge in [-0.25, -0.2) is 0 Å². The van der Waals surface area contributed by atoms with Gasteiger partial charge in [-0.2, -0.15) is 5.10 Å². The molecule has 0 saturated carbocycles. The molecule has 2 aromatic heterocycles. The van der Waals surface area contributed by atoms with Crippen LogP contribution in [0.4, 0.5) is 0 Å². The molecule has 1 unspecified atom stereocenters. The minimum absolute atomic E-state index is 0. The lowest BCUT2D eigenvalue weighted by Crippen LogP contribution is -2.48. The van der Waals surface area contributed by atoms with E-state index in [0.29, 0.717) is 6.61 Å². The first-order chi connectivity index (χ1) is 14.7. The molecule has 4 rings (SSSR count). The maximum absolute atomic E-state index is 5.99. The van der Waals surface area contributed by atoms with Crippen LogP contribution in [0.15, 0.2) is 41.8 Å². The number of morpholine rings is 1. The van der Waals surface area contributed by atoms with Gasteiger partial charge in [0.15, 0.2) is 5.96 Å². The smallest absolute Gasteiger partial charge is 0.194 e. The molecule has 1 atom stereocenters. The van der Waals surface area contributed by atoms with Gasteiger partial charge >= 0.3 is 0 Å². The van der Waals surface area contributed by atoms with Crippen molar-refractivity contribution in [2.75, 3.05) is 32.8 Å². The Kier molecular flexibility index (Phi) is 8.36. The summed E-state index contributed by atoms with van der Waals surface area (Å²) in [6.07, 6.45) is 8.03. The van der Waals surface area contributed by atoms with Crippen molar-refractivity contribution in [2.45, 2.75) is 32.8 Å². The maximum Gasteiger partial charge on any atom is 0.194 e. The van der Waals surface area contributed by atoms with Crippen molar-refractivity contribution in [3.63, 3.8) is 0 Å². The molecule has 2 N–H and O–H groups in total. The number of benzene rings is 1. The van der Waals surface area contributed by atoms with Gasteiger partial charge in [0.1, 0.15) is 6.10 Å². The summed E-state index contributed by atoms with van der Waals surface area (Å²) < 4.78 is 7.81. The normalized spacial score (nSPS) is 17.1. The van der Waals surface area contributed by atoms with Crippen molar-refractivity contribution in [3.05, 3.63) is 53.5 Å². The van der Waals surface area contributed by atoms with Gasteiger partial charge < -0.3 is 19.9 Å². The van der Waals surface area contributed by atoms with E-state index in [1.807, 2.05) is 24.1 Å². The summed E-state index contributed by atoms with van der Waals surface area (Å²) in [5.41, 5.74) is 5.07. The summed E-state index contributed by atoms with van der Waals surface area (Å²) >= 11 is 0. The first kappa shape index (κ1) is 23.6. The van der Waals surface area contributed by atoms with Gasteiger partial charge in [-0.1, -0.05) is 25.1 Å². The molecule has 3 aromatic rings. The summed E-state index contributed by atoms with van der Waals surface area (Å²) in [6.45, 7) is 8.22. The molecule has 3 heterocycles. The highest BCUT2D eigenvalue weighted by Gasteiger charge is 2.25. The number of nitrogens with one attached hydrogen (secondary N) is 2. The molecule has 0 amide bonds. The quantitative estimate of drug-likeness (QED) is 0.287. The van der Waals surface area contributed by atoms with E-state index < -0.39 is 0 Å². The van der Waals surface area contributed by atoms with E-state index >= 15 is 0 Å². The van der Waals surface area contributed by atoms with E-state index in [0.717, 1.165) is 50.5 Å². The Bertz CT molecular complexity index is 1010. The van der Waals surface area contributed by atoms with Gasteiger partial charge in [-0.05, 0) is 30.9 Å². The van der Waals surface area contributed by atoms with Crippen molar-refractivity contribution in [1.29, 1.82) is 0 Å². The Morgan fingerprint density at radius 1 is 1.32 bits per heavy atom. The molecule has 0 spiro atoms. The number of rotatable bonds is 6. The molecule has 1 aliphatic heterocycles. The van der Waals surface area contributed by atoms with E-state index in [9.17, 15) is 0 Å². The lowest BCUT2D eigenvalue weighted by molar-refractivity contribution is -0.00803. The van der Waals surface area contributed by atoms with Crippen molar-refractivity contribution in [1.82, 2.24) is 25.0 Å². The topological polar surface area (TPSA) is 70.5 Å². The number of H-pyrrole nitrogens is 1. The SMILES string of the molecule is CCNC(=NCCc1c[nH]c2c(CC)cccc12)N1CCOC(c2cnn(C)c2)C1.I. The zero-order valence-corrected chi connectivity index (χ0v) is 20.9. The number of nitrogens with zero attached hydrogens (tertiary/aromatic N) is 4. The monoisotopic (exact) mass is 536 g/mol. The van der Waals surface area contributed by atoms with Crippen LogP contribution >= 0.6 is 24.0 Å². The second-order valence-electron chi connectivity index (χ2n) is 7.75. The van der Waals surface area contributed by atoms with Crippen LogP contribution in [0.5, 0.6) is 0 Å². The molecule has 0 bridgehead atoms. The van der Waals surface area contributed by atoms with Crippen molar-refractivity contribution >= 4 is 40.8 Å². The van der Waals surface area contributed by atoms with Gasteiger partial charge in [0, 0.05) is 55.5 Å². The average molecular weight is 536 g/mol. The van der Waals surface area contributed by atoms with Crippen LogP contribution in [0, 0.1) is 0 Å². The number of ether oxygens (including phenoxy) is 1. The number of fused-ring (bicyclic) bond motifs is 1. The van der Waals surface area contributed by atoms with E-state index in [4.69, 9.17) is 9.73 Å². The molecule has 0 aliphatic carbocycles. The summed E-state index contributed by atoms with van der Waals surface area (Å²) in [6, 6.07) is 6.55. The number of guanidine groups is 1. The molecule has 31 heavy (non-hydrogen) atoms. The van der Waals surface area contributed by atoms with E-state index in [2.05, 4.69) is 58.5 Å². The van der Waals surface area contributed by atoms with Gasteiger partial charge in [-0.15, -0.1) is 24.0 Å². The molecular formula is C23H33IN6O. The Morgan fingerprint density at radius 2 is 2.19 bits per heavy atom. The van der Waals surface area contributed by atoms with E-state index in [1.165, 1.54) is 22.0 Å². The summed E-state index contributed by atoms with van der Waals surface area (Å²) in [5, 5.41) is 9.06. The fraction of sp³-hybridized carbons (Fsp3) is 0.478. The average Bonchev–Trinajstić information content (AvgIpc) is 3.39. The Morgan fingerprint density at radius 3 is 2.94 bits per heavy atom. The molecule has 1 aliphatic rings. The summed E-state index contributed by atoms with van der Waals surface area (Å²) in [5.74, 6) is 0.962. The number of hydrogen-bond acceptors (Lipinski definition) is 3. The predicted octanol–water partition coefficient (Wildman–Crippen LogP) is 3.66. The zero-order valence-electron chi connectivity index (χ0n) is 18.6. The minimum atomic E-state index is 0. The van der Waals surface area contributed by atoms with Crippen LogP contribution in [-0.4, -0.2) is 58.4 Å².